The first-order chi connectivity index (χ1) is 12.7. The van der Waals surface area contributed by atoms with Crippen molar-refractivity contribution in [2.24, 2.45) is 0 Å². The number of hydrogen-bond acceptors (Lipinski definition) is 4. The Morgan fingerprint density at radius 2 is 1.59 bits per heavy atom. The number of rotatable bonds is 3. The topological polar surface area (TPSA) is 54.9 Å². The van der Waals surface area contributed by atoms with Gasteiger partial charge in [0, 0.05) is 10.9 Å². The summed E-state index contributed by atoms with van der Waals surface area (Å²) in [6, 6.07) is 4.20. The number of pyridine rings is 1. The Balaban J connectivity index is 1.90. The van der Waals surface area contributed by atoms with Crippen LogP contribution < -0.4 is 5.32 Å². The number of anilines is 1. The molecule has 27 heavy (non-hydrogen) atoms. The van der Waals surface area contributed by atoms with E-state index in [4.69, 9.17) is 46.4 Å². The van der Waals surface area contributed by atoms with Crippen molar-refractivity contribution in [1.29, 1.82) is 0 Å². The molecular weight excluding hydrogens is 448 g/mol. The second-order valence-corrected chi connectivity index (χ2v) is 8.31. The molecule has 0 unspecified atom stereocenters. The highest BCUT2D eigenvalue weighted by Crippen LogP contribution is 2.37. The standard InChI is InChI=1S/C18H13Cl4N3OS/c1-7-4-8(2)11(9(3)5-7)10-6-27-18(23-10)25-17(26)15-13(20)12(19)14(21)16(22)24-15/h4-6H,1-3H3,(H,23,25,26). The van der Waals surface area contributed by atoms with Gasteiger partial charge < -0.3 is 0 Å². The number of hydrogen-bond donors (Lipinski definition) is 1. The number of carbonyl (C=O) groups excluding carboxylic acids is 1. The van der Waals surface area contributed by atoms with E-state index < -0.39 is 5.91 Å². The van der Waals surface area contributed by atoms with E-state index in [1.165, 1.54) is 16.9 Å². The van der Waals surface area contributed by atoms with Gasteiger partial charge in [0.05, 0.1) is 20.8 Å². The fraction of sp³-hybridized carbons (Fsp3) is 0.167. The number of nitrogens with one attached hydrogen (secondary N) is 1. The number of halogens is 4. The van der Waals surface area contributed by atoms with Crippen LogP contribution >= 0.6 is 57.7 Å². The van der Waals surface area contributed by atoms with Crippen LogP contribution in [-0.4, -0.2) is 15.9 Å². The molecule has 140 valence electrons. The fourth-order valence-corrected chi connectivity index (χ4v) is 4.33. The van der Waals surface area contributed by atoms with Crippen LogP contribution in [0.2, 0.25) is 20.2 Å². The molecule has 0 aliphatic rings. The van der Waals surface area contributed by atoms with Gasteiger partial charge in [-0.15, -0.1) is 11.3 Å². The fourth-order valence-electron chi connectivity index (χ4n) is 2.82. The van der Waals surface area contributed by atoms with Crippen LogP contribution in [0.3, 0.4) is 0 Å². The SMILES string of the molecule is Cc1cc(C)c(-c2csc(NC(=O)c3nc(Cl)c(Cl)c(Cl)c3Cl)n2)c(C)c1. The molecule has 3 rings (SSSR count). The summed E-state index contributed by atoms with van der Waals surface area (Å²) in [5.41, 5.74) is 5.15. The second kappa shape index (κ2) is 7.94. The molecule has 0 fully saturated rings. The number of amides is 1. The van der Waals surface area contributed by atoms with Crippen molar-refractivity contribution < 1.29 is 4.79 Å². The molecule has 0 saturated carbocycles. The Hall–Kier alpha value is -1.37. The summed E-state index contributed by atoms with van der Waals surface area (Å²) >= 11 is 25.1. The van der Waals surface area contributed by atoms with E-state index in [2.05, 4.69) is 34.3 Å². The van der Waals surface area contributed by atoms with Gasteiger partial charge in [0.15, 0.2) is 10.8 Å². The number of carbonyl (C=O) groups is 1. The van der Waals surface area contributed by atoms with Gasteiger partial charge in [0.25, 0.3) is 5.91 Å². The largest absolute Gasteiger partial charge is 0.296 e. The van der Waals surface area contributed by atoms with Crippen LogP contribution in [0, 0.1) is 20.8 Å². The average molecular weight is 461 g/mol. The molecule has 0 radical (unpaired) electrons. The van der Waals surface area contributed by atoms with E-state index >= 15 is 0 Å². The minimum atomic E-state index is -0.571. The van der Waals surface area contributed by atoms with Crippen LogP contribution in [0.5, 0.6) is 0 Å². The van der Waals surface area contributed by atoms with Gasteiger partial charge in [-0.05, 0) is 31.9 Å². The van der Waals surface area contributed by atoms with Crippen molar-refractivity contribution in [3.8, 4) is 11.3 Å². The third kappa shape index (κ3) is 4.08. The summed E-state index contributed by atoms with van der Waals surface area (Å²) in [5, 5.41) is 4.79. The van der Waals surface area contributed by atoms with E-state index in [0.717, 1.165) is 22.4 Å². The van der Waals surface area contributed by atoms with Gasteiger partial charge in [-0.3, -0.25) is 10.1 Å². The van der Waals surface area contributed by atoms with Crippen molar-refractivity contribution >= 4 is 68.8 Å². The third-order valence-corrected chi connectivity index (χ3v) is 6.29. The molecule has 0 bridgehead atoms. The van der Waals surface area contributed by atoms with Crippen LogP contribution in [-0.2, 0) is 0 Å². The maximum Gasteiger partial charge on any atom is 0.277 e. The second-order valence-electron chi connectivity index (χ2n) is 5.96. The molecule has 4 nitrogen and oxygen atoms in total. The lowest BCUT2D eigenvalue weighted by Gasteiger charge is -2.09. The van der Waals surface area contributed by atoms with Gasteiger partial charge >= 0.3 is 0 Å². The third-order valence-electron chi connectivity index (χ3n) is 3.86. The Morgan fingerprint density at radius 3 is 2.22 bits per heavy atom. The minimum absolute atomic E-state index is 0.00161. The van der Waals surface area contributed by atoms with E-state index in [-0.39, 0.29) is 25.9 Å². The molecule has 0 aliphatic carbocycles. The first-order valence-electron chi connectivity index (χ1n) is 7.74. The summed E-state index contributed by atoms with van der Waals surface area (Å²) < 4.78 is 0. The van der Waals surface area contributed by atoms with Crippen molar-refractivity contribution in [2.45, 2.75) is 20.8 Å². The van der Waals surface area contributed by atoms with E-state index in [0.29, 0.717) is 5.13 Å². The number of thiazole rings is 1. The molecule has 0 saturated heterocycles. The lowest BCUT2D eigenvalue weighted by atomic mass is 9.98. The number of benzene rings is 1. The predicted octanol–water partition coefficient (Wildman–Crippen LogP) is 7.00. The molecule has 3 aromatic rings. The summed E-state index contributed by atoms with van der Waals surface area (Å²) in [5.74, 6) is -0.571. The van der Waals surface area contributed by atoms with Gasteiger partial charge in [0.2, 0.25) is 0 Å². The average Bonchev–Trinajstić information content (AvgIpc) is 3.03. The smallest absolute Gasteiger partial charge is 0.277 e. The van der Waals surface area contributed by atoms with E-state index in [1.807, 2.05) is 19.2 Å². The maximum absolute atomic E-state index is 12.5. The lowest BCUT2D eigenvalue weighted by Crippen LogP contribution is -2.14. The quantitative estimate of drug-likeness (QED) is 0.428. The zero-order valence-corrected chi connectivity index (χ0v) is 18.3. The molecular formula is C18H13Cl4N3OS. The summed E-state index contributed by atoms with van der Waals surface area (Å²) in [6.45, 7) is 6.12. The van der Waals surface area contributed by atoms with Crippen molar-refractivity contribution in [1.82, 2.24) is 9.97 Å². The minimum Gasteiger partial charge on any atom is -0.296 e. The zero-order valence-electron chi connectivity index (χ0n) is 14.5. The highest BCUT2D eigenvalue weighted by molar-refractivity contribution is 7.14. The first kappa shape index (κ1) is 20.4. The Bertz CT molecular complexity index is 1040. The molecule has 1 amide bonds. The summed E-state index contributed by atoms with van der Waals surface area (Å²) in [7, 11) is 0. The Morgan fingerprint density at radius 1 is 0.963 bits per heavy atom. The summed E-state index contributed by atoms with van der Waals surface area (Å²) in [4.78, 5) is 21.0. The molecule has 0 atom stereocenters. The normalized spacial score (nSPS) is 10.9. The maximum atomic E-state index is 12.5. The molecule has 9 heteroatoms. The van der Waals surface area contributed by atoms with Crippen molar-refractivity contribution in [2.75, 3.05) is 5.32 Å². The number of aromatic nitrogens is 2. The van der Waals surface area contributed by atoms with Gasteiger partial charge in [-0.25, -0.2) is 9.97 Å². The molecule has 2 aromatic heterocycles. The van der Waals surface area contributed by atoms with Crippen molar-refractivity contribution in [3.05, 3.63) is 60.1 Å². The zero-order chi connectivity index (χ0) is 19.9. The van der Waals surface area contributed by atoms with Crippen LogP contribution in [0.4, 0.5) is 5.13 Å². The van der Waals surface area contributed by atoms with E-state index in [1.54, 1.807) is 0 Å². The highest BCUT2D eigenvalue weighted by Gasteiger charge is 2.21. The van der Waals surface area contributed by atoms with Crippen molar-refractivity contribution in [3.63, 3.8) is 0 Å². The van der Waals surface area contributed by atoms with Crippen LogP contribution in [0.1, 0.15) is 27.2 Å². The Labute approximate surface area is 180 Å². The molecule has 1 aromatic carbocycles. The van der Waals surface area contributed by atoms with Crippen LogP contribution in [0.25, 0.3) is 11.3 Å². The molecule has 0 spiro atoms. The van der Waals surface area contributed by atoms with E-state index in [9.17, 15) is 4.79 Å². The van der Waals surface area contributed by atoms with Crippen LogP contribution in [0.15, 0.2) is 17.5 Å². The predicted molar refractivity (Wildman–Crippen MR) is 114 cm³/mol. The lowest BCUT2D eigenvalue weighted by molar-refractivity contribution is 0.102. The molecule has 0 aliphatic heterocycles. The molecule has 2 heterocycles. The number of aryl methyl sites for hydroxylation is 3. The van der Waals surface area contributed by atoms with Gasteiger partial charge in [-0.1, -0.05) is 64.1 Å². The monoisotopic (exact) mass is 459 g/mol. The molecule has 1 N–H and O–H groups in total. The van der Waals surface area contributed by atoms with Gasteiger partial charge in [-0.2, -0.15) is 0 Å². The van der Waals surface area contributed by atoms with Gasteiger partial charge in [0.1, 0.15) is 5.15 Å². The first-order valence-corrected chi connectivity index (χ1v) is 10.1. The summed E-state index contributed by atoms with van der Waals surface area (Å²) in [6.07, 6.45) is 0. The number of nitrogens with zero attached hydrogens (tertiary/aromatic N) is 2. The Kier molecular flexibility index (Phi) is 5.99. The highest BCUT2D eigenvalue weighted by atomic mass is 35.5.